The van der Waals surface area contributed by atoms with Crippen LogP contribution in [0.15, 0.2) is 47.4 Å². The third kappa shape index (κ3) is 4.73. The molecule has 2 aromatic rings. The minimum absolute atomic E-state index is 0.0267. The number of nitrogens with zero attached hydrogens (tertiary/aromatic N) is 1. The Balaban J connectivity index is 1.70. The van der Waals surface area contributed by atoms with E-state index in [0.717, 1.165) is 38.4 Å². The van der Waals surface area contributed by atoms with Crippen molar-refractivity contribution in [3.8, 4) is 0 Å². The molecule has 0 spiro atoms. The van der Waals surface area contributed by atoms with E-state index in [-0.39, 0.29) is 17.3 Å². The van der Waals surface area contributed by atoms with Crippen LogP contribution in [0, 0.1) is 12.7 Å². The summed E-state index contributed by atoms with van der Waals surface area (Å²) in [6.07, 6.45) is 3.17. The lowest BCUT2D eigenvalue weighted by Crippen LogP contribution is -2.35. The molecular weight excluding hydrogens is 367 g/mol. The SMILES string of the molecule is Cc1ccc(S(=O)(=O)NCc2cccc(C(=O)N3CCCCC3)c2)cc1F. The van der Waals surface area contributed by atoms with Gasteiger partial charge in [0.15, 0.2) is 0 Å². The van der Waals surface area contributed by atoms with E-state index in [1.165, 1.54) is 12.1 Å². The molecule has 1 saturated heterocycles. The number of carbonyl (C=O) groups excluding carboxylic acids is 1. The molecule has 27 heavy (non-hydrogen) atoms. The van der Waals surface area contributed by atoms with Gasteiger partial charge < -0.3 is 4.90 Å². The Bertz CT molecular complexity index is 938. The molecule has 1 aliphatic rings. The highest BCUT2D eigenvalue weighted by molar-refractivity contribution is 7.89. The van der Waals surface area contributed by atoms with Crippen molar-refractivity contribution in [2.45, 2.75) is 37.6 Å². The topological polar surface area (TPSA) is 66.5 Å². The van der Waals surface area contributed by atoms with E-state index in [1.807, 2.05) is 4.90 Å². The molecule has 3 rings (SSSR count). The molecule has 1 heterocycles. The lowest BCUT2D eigenvalue weighted by molar-refractivity contribution is 0.0724. The van der Waals surface area contributed by atoms with Gasteiger partial charge in [0, 0.05) is 25.2 Å². The van der Waals surface area contributed by atoms with Crippen molar-refractivity contribution in [2.24, 2.45) is 0 Å². The summed E-state index contributed by atoms with van der Waals surface area (Å²) in [5, 5.41) is 0. The molecule has 0 aromatic heterocycles. The van der Waals surface area contributed by atoms with E-state index in [9.17, 15) is 17.6 Å². The van der Waals surface area contributed by atoms with Gasteiger partial charge in [-0.3, -0.25) is 4.79 Å². The van der Waals surface area contributed by atoms with Crippen LogP contribution in [-0.2, 0) is 16.6 Å². The van der Waals surface area contributed by atoms with Gasteiger partial charge in [-0.2, -0.15) is 0 Å². The zero-order valence-corrected chi connectivity index (χ0v) is 16.1. The predicted molar refractivity (Wildman–Crippen MR) is 101 cm³/mol. The normalized spacial score (nSPS) is 15.0. The summed E-state index contributed by atoms with van der Waals surface area (Å²) >= 11 is 0. The number of hydrogen-bond donors (Lipinski definition) is 1. The van der Waals surface area contributed by atoms with Crippen LogP contribution in [-0.4, -0.2) is 32.3 Å². The van der Waals surface area contributed by atoms with Gasteiger partial charge in [-0.1, -0.05) is 18.2 Å². The molecule has 0 bridgehead atoms. The first-order valence-corrected chi connectivity index (χ1v) is 10.5. The minimum atomic E-state index is -3.84. The molecule has 1 fully saturated rings. The van der Waals surface area contributed by atoms with Gasteiger partial charge in [0.05, 0.1) is 4.90 Å². The Hall–Kier alpha value is -2.25. The number of benzene rings is 2. The zero-order chi connectivity index (χ0) is 19.4. The van der Waals surface area contributed by atoms with Crippen molar-refractivity contribution in [3.05, 3.63) is 65.0 Å². The smallest absolute Gasteiger partial charge is 0.253 e. The highest BCUT2D eigenvalue weighted by atomic mass is 32.2. The van der Waals surface area contributed by atoms with Crippen LogP contribution in [0.4, 0.5) is 4.39 Å². The minimum Gasteiger partial charge on any atom is -0.339 e. The van der Waals surface area contributed by atoms with Crippen LogP contribution in [0.2, 0.25) is 0 Å². The second kappa shape index (κ2) is 8.19. The van der Waals surface area contributed by atoms with Gasteiger partial charge in [-0.05, 0) is 61.6 Å². The van der Waals surface area contributed by atoms with Crippen molar-refractivity contribution in [3.63, 3.8) is 0 Å². The summed E-state index contributed by atoms with van der Waals surface area (Å²) in [7, 11) is -3.84. The Morgan fingerprint density at radius 3 is 2.56 bits per heavy atom. The van der Waals surface area contributed by atoms with Gasteiger partial charge in [0.2, 0.25) is 10.0 Å². The predicted octanol–water partition coefficient (Wildman–Crippen LogP) is 3.24. The monoisotopic (exact) mass is 390 g/mol. The Kier molecular flexibility index (Phi) is 5.92. The molecule has 144 valence electrons. The zero-order valence-electron chi connectivity index (χ0n) is 15.2. The van der Waals surface area contributed by atoms with Crippen LogP contribution in [0.5, 0.6) is 0 Å². The fourth-order valence-electron chi connectivity index (χ4n) is 3.10. The lowest BCUT2D eigenvalue weighted by Gasteiger charge is -2.26. The number of hydrogen-bond acceptors (Lipinski definition) is 3. The van der Waals surface area contributed by atoms with Crippen molar-refractivity contribution >= 4 is 15.9 Å². The standard InChI is InChI=1S/C20H23FN2O3S/c1-15-8-9-18(13-19(15)21)27(25,26)22-14-16-6-5-7-17(12-16)20(24)23-10-3-2-4-11-23/h5-9,12-13,22H,2-4,10-11,14H2,1H3. The summed E-state index contributed by atoms with van der Waals surface area (Å²) < 4.78 is 40.9. The Labute approximate surface area is 159 Å². The summed E-state index contributed by atoms with van der Waals surface area (Å²) in [4.78, 5) is 14.3. The van der Waals surface area contributed by atoms with Crippen LogP contribution >= 0.6 is 0 Å². The van der Waals surface area contributed by atoms with Gasteiger partial charge >= 0.3 is 0 Å². The van der Waals surface area contributed by atoms with E-state index >= 15 is 0 Å². The largest absolute Gasteiger partial charge is 0.339 e. The van der Waals surface area contributed by atoms with E-state index in [4.69, 9.17) is 0 Å². The quantitative estimate of drug-likeness (QED) is 0.852. The van der Waals surface area contributed by atoms with E-state index in [2.05, 4.69) is 4.72 Å². The highest BCUT2D eigenvalue weighted by Gasteiger charge is 2.19. The maximum atomic E-state index is 13.7. The number of likely N-dealkylation sites (tertiary alicyclic amines) is 1. The van der Waals surface area contributed by atoms with Gasteiger partial charge in [-0.25, -0.2) is 17.5 Å². The summed E-state index contributed by atoms with van der Waals surface area (Å²) in [5.74, 6) is -0.591. The first-order valence-electron chi connectivity index (χ1n) is 9.01. The van der Waals surface area contributed by atoms with Gasteiger partial charge in [-0.15, -0.1) is 0 Å². The van der Waals surface area contributed by atoms with Gasteiger partial charge in [0.25, 0.3) is 5.91 Å². The average Bonchev–Trinajstić information content (AvgIpc) is 2.69. The third-order valence-corrected chi connectivity index (χ3v) is 6.14. The van der Waals surface area contributed by atoms with Crippen LogP contribution < -0.4 is 4.72 Å². The molecule has 5 nitrogen and oxygen atoms in total. The van der Waals surface area contributed by atoms with Crippen LogP contribution in [0.3, 0.4) is 0 Å². The molecule has 0 saturated carbocycles. The molecule has 0 atom stereocenters. The molecule has 2 aromatic carbocycles. The molecular formula is C20H23FN2O3S. The second-order valence-electron chi connectivity index (χ2n) is 6.79. The molecule has 1 aliphatic heterocycles. The lowest BCUT2D eigenvalue weighted by atomic mass is 10.1. The number of halogens is 1. The number of rotatable bonds is 5. The molecule has 0 radical (unpaired) electrons. The third-order valence-electron chi connectivity index (χ3n) is 4.74. The Morgan fingerprint density at radius 1 is 1.11 bits per heavy atom. The van der Waals surface area contributed by atoms with E-state index in [0.29, 0.717) is 16.7 Å². The first-order chi connectivity index (χ1) is 12.9. The highest BCUT2D eigenvalue weighted by Crippen LogP contribution is 2.16. The molecule has 0 unspecified atom stereocenters. The number of amides is 1. The Morgan fingerprint density at radius 2 is 1.85 bits per heavy atom. The van der Waals surface area contributed by atoms with Crippen LogP contribution in [0.25, 0.3) is 0 Å². The number of nitrogens with one attached hydrogen (secondary N) is 1. The van der Waals surface area contributed by atoms with E-state index < -0.39 is 15.8 Å². The van der Waals surface area contributed by atoms with Crippen molar-refractivity contribution in [1.29, 1.82) is 0 Å². The van der Waals surface area contributed by atoms with Crippen molar-refractivity contribution in [1.82, 2.24) is 9.62 Å². The summed E-state index contributed by atoms with van der Waals surface area (Å²) in [6.45, 7) is 3.12. The van der Waals surface area contributed by atoms with Crippen molar-refractivity contribution < 1.29 is 17.6 Å². The van der Waals surface area contributed by atoms with Gasteiger partial charge in [0.1, 0.15) is 5.82 Å². The second-order valence-corrected chi connectivity index (χ2v) is 8.56. The number of aryl methyl sites for hydroxylation is 1. The molecule has 1 amide bonds. The molecule has 7 heteroatoms. The van der Waals surface area contributed by atoms with Crippen LogP contribution in [0.1, 0.15) is 40.7 Å². The van der Waals surface area contributed by atoms with E-state index in [1.54, 1.807) is 31.2 Å². The molecule has 0 aliphatic carbocycles. The number of sulfonamides is 1. The maximum Gasteiger partial charge on any atom is 0.253 e. The molecule has 1 N–H and O–H groups in total. The number of piperidine rings is 1. The average molecular weight is 390 g/mol. The fraction of sp³-hybridized carbons (Fsp3) is 0.350. The number of carbonyl (C=O) groups is 1. The van der Waals surface area contributed by atoms with Crippen molar-refractivity contribution in [2.75, 3.05) is 13.1 Å². The summed E-state index contributed by atoms with van der Waals surface area (Å²) in [6, 6.07) is 10.8. The fourth-order valence-corrected chi connectivity index (χ4v) is 4.13. The first kappa shape index (κ1) is 19.5. The maximum absolute atomic E-state index is 13.7. The summed E-state index contributed by atoms with van der Waals surface area (Å²) in [5.41, 5.74) is 1.61.